The van der Waals surface area contributed by atoms with Crippen LogP contribution in [0.4, 0.5) is 5.69 Å². The van der Waals surface area contributed by atoms with Crippen molar-refractivity contribution in [1.82, 2.24) is 5.01 Å². The van der Waals surface area contributed by atoms with Crippen LogP contribution in [-0.2, 0) is 4.79 Å². The number of ether oxygens (including phenoxy) is 4. The molecule has 2 aromatic rings. The van der Waals surface area contributed by atoms with Gasteiger partial charge in [-0.05, 0) is 24.3 Å². The molecule has 3 rings (SSSR count). The van der Waals surface area contributed by atoms with E-state index in [-0.39, 0.29) is 5.75 Å². The number of para-hydroxylation sites is 2. The Kier molecular flexibility index (Phi) is 7.00. The third kappa shape index (κ3) is 4.94. The van der Waals surface area contributed by atoms with Crippen LogP contribution in [0.1, 0.15) is 12.5 Å². The molecular formula is C22H27N3O5. The molecule has 0 spiro atoms. The number of hydrogen-bond donors (Lipinski definition) is 0. The topological polar surface area (TPSA) is 72.8 Å². The number of carbonyl (C=O) groups excluding carboxylic acids is 1. The number of methoxy groups -OCH3 is 3. The molecule has 1 aliphatic rings. The van der Waals surface area contributed by atoms with Gasteiger partial charge in [-0.2, -0.15) is 5.10 Å². The molecule has 0 radical (unpaired) electrons. The van der Waals surface area contributed by atoms with Gasteiger partial charge in [-0.25, -0.2) is 0 Å². The molecule has 8 nitrogen and oxygen atoms in total. The van der Waals surface area contributed by atoms with Gasteiger partial charge < -0.3 is 23.8 Å². The van der Waals surface area contributed by atoms with Gasteiger partial charge >= 0.3 is 5.97 Å². The number of hydrogen-bond acceptors (Lipinski definition) is 8. The minimum absolute atomic E-state index is 0.259. The van der Waals surface area contributed by atoms with E-state index in [1.54, 1.807) is 25.5 Å². The molecule has 8 heteroatoms. The Hall–Kier alpha value is -3.42. The Labute approximate surface area is 176 Å². The van der Waals surface area contributed by atoms with Gasteiger partial charge in [0, 0.05) is 25.6 Å². The molecule has 0 aromatic heterocycles. The van der Waals surface area contributed by atoms with Gasteiger partial charge in [0.2, 0.25) is 5.75 Å². The van der Waals surface area contributed by atoms with E-state index >= 15 is 0 Å². The minimum atomic E-state index is -0.444. The SMILES string of the molecule is COc1ccccc1N1CCN(/N=C\c2cc(OC)c(OC(C)=O)c(OC)c2)CC1. The third-order valence-electron chi connectivity index (χ3n) is 4.78. The first-order chi connectivity index (χ1) is 14.5. The summed E-state index contributed by atoms with van der Waals surface area (Å²) < 4.78 is 21.4. The summed E-state index contributed by atoms with van der Waals surface area (Å²) in [5.74, 6) is 1.51. The first-order valence-electron chi connectivity index (χ1n) is 9.67. The Morgan fingerprint density at radius 3 is 2.10 bits per heavy atom. The monoisotopic (exact) mass is 413 g/mol. The molecule has 1 aliphatic heterocycles. The maximum atomic E-state index is 11.4. The maximum absolute atomic E-state index is 11.4. The molecule has 0 aliphatic carbocycles. The van der Waals surface area contributed by atoms with Crippen LogP contribution in [0.15, 0.2) is 41.5 Å². The van der Waals surface area contributed by atoms with Gasteiger partial charge in [0.05, 0.1) is 46.3 Å². The number of rotatable bonds is 7. The van der Waals surface area contributed by atoms with Crippen molar-refractivity contribution in [1.29, 1.82) is 0 Å². The molecular weight excluding hydrogens is 386 g/mol. The molecule has 0 N–H and O–H groups in total. The lowest BCUT2D eigenvalue weighted by Crippen LogP contribution is -2.44. The summed E-state index contributed by atoms with van der Waals surface area (Å²) in [6.45, 7) is 4.59. The lowest BCUT2D eigenvalue weighted by molar-refractivity contribution is -0.132. The molecule has 0 atom stereocenters. The molecule has 30 heavy (non-hydrogen) atoms. The van der Waals surface area contributed by atoms with Gasteiger partial charge in [0.25, 0.3) is 0 Å². The highest BCUT2D eigenvalue weighted by atomic mass is 16.6. The first kappa shape index (κ1) is 21.3. The number of esters is 1. The summed E-state index contributed by atoms with van der Waals surface area (Å²) in [5.41, 5.74) is 1.88. The van der Waals surface area contributed by atoms with E-state index in [4.69, 9.17) is 18.9 Å². The van der Waals surface area contributed by atoms with Crippen molar-refractivity contribution < 1.29 is 23.7 Å². The second kappa shape index (κ2) is 9.87. The summed E-state index contributed by atoms with van der Waals surface area (Å²) in [4.78, 5) is 13.7. The number of anilines is 1. The van der Waals surface area contributed by atoms with Crippen molar-refractivity contribution in [3.05, 3.63) is 42.0 Å². The van der Waals surface area contributed by atoms with Gasteiger partial charge in [-0.3, -0.25) is 9.80 Å². The predicted octanol–water partition coefficient (Wildman–Crippen LogP) is 2.79. The van der Waals surface area contributed by atoms with E-state index in [9.17, 15) is 4.79 Å². The fourth-order valence-corrected chi connectivity index (χ4v) is 3.31. The molecule has 0 saturated carbocycles. The average molecular weight is 413 g/mol. The van der Waals surface area contributed by atoms with E-state index < -0.39 is 5.97 Å². The van der Waals surface area contributed by atoms with Crippen LogP contribution in [-0.4, -0.2) is 64.7 Å². The zero-order chi connectivity index (χ0) is 21.5. The van der Waals surface area contributed by atoms with Crippen LogP contribution in [0, 0.1) is 0 Å². The fourth-order valence-electron chi connectivity index (χ4n) is 3.31. The number of benzene rings is 2. The second-order valence-electron chi connectivity index (χ2n) is 6.71. The number of carbonyl (C=O) groups is 1. The standard InChI is InChI=1S/C22H27N3O5/c1-16(26)30-22-20(28-3)13-17(14-21(22)29-4)15-23-25-11-9-24(10-12-25)18-7-5-6-8-19(18)27-2/h5-8,13-15H,9-12H2,1-4H3/b23-15-. The Morgan fingerprint density at radius 2 is 1.53 bits per heavy atom. The highest BCUT2D eigenvalue weighted by Gasteiger charge is 2.19. The second-order valence-corrected chi connectivity index (χ2v) is 6.71. The molecule has 160 valence electrons. The van der Waals surface area contributed by atoms with Gasteiger partial charge in [0.1, 0.15) is 5.75 Å². The molecule has 1 fully saturated rings. The van der Waals surface area contributed by atoms with Crippen molar-refractivity contribution in [2.75, 3.05) is 52.4 Å². The molecule has 0 bridgehead atoms. The summed E-state index contributed by atoms with van der Waals surface area (Å²) in [5, 5.41) is 6.62. The Bertz CT molecular complexity index is 882. The van der Waals surface area contributed by atoms with E-state index in [0.29, 0.717) is 11.5 Å². The predicted molar refractivity (Wildman–Crippen MR) is 115 cm³/mol. The van der Waals surface area contributed by atoms with Crippen LogP contribution in [0.25, 0.3) is 0 Å². The largest absolute Gasteiger partial charge is 0.495 e. The fraction of sp³-hybridized carbons (Fsp3) is 0.364. The zero-order valence-corrected chi connectivity index (χ0v) is 17.8. The summed E-state index contributed by atoms with van der Waals surface area (Å²) in [7, 11) is 4.72. The highest BCUT2D eigenvalue weighted by molar-refractivity contribution is 5.83. The number of nitrogens with zero attached hydrogens (tertiary/aromatic N) is 3. The number of hydrazone groups is 1. The quantitative estimate of drug-likeness (QED) is 0.393. The van der Waals surface area contributed by atoms with Crippen molar-refractivity contribution in [2.45, 2.75) is 6.92 Å². The molecule has 0 unspecified atom stereocenters. The Balaban J connectivity index is 1.69. The average Bonchev–Trinajstić information content (AvgIpc) is 2.78. The van der Waals surface area contributed by atoms with Gasteiger partial charge in [-0.1, -0.05) is 12.1 Å². The summed E-state index contributed by atoms with van der Waals surface area (Å²) in [6.07, 6.45) is 1.75. The number of piperazine rings is 1. The summed E-state index contributed by atoms with van der Waals surface area (Å²) in [6, 6.07) is 11.5. The first-order valence-corrected chi connectivity index (χ1v) is 9.67. The van der Waals surface area contributed by atoms with Crippen molar-refractivity contribution in [2.24, 2.45) is 5.10 Å². The highest BCUT2D eigenvalue weighted by Crippen LogP contribution is 2.38. The third-order valence-corrected chi connectivity index (χ3v) is 4.78. The van der Waals surface area contributed by atoms with E-state index in [1.807, 2.05) is 23.2 Å². The molecule has 2 aromatic carbocycles. The van der Waals surface area contributed by atoms with Gasteiger partial charge in [0.15, 0.2) is 11.5 Å². The molecule has 1 heterocycles. The van der Waals surface area contributed by atoms with Crippen LogP contribution in [0.3, 0.4) is 0 Å². The molecule has 0 amide bonds. The van der Waals surface area contributed by atoms with Crippen molar-refractivity contribution in [3.8, 4) is 23.0 Å². The normalized spacial score (nSPS) is 14.0. The lowest BCUT2D eigenvalue weighted by atomic mass is 10.2. The maximum Gasteiger partial charge on any atom is 0.308 e. The Morgan fingerprint density at radius 1 is 0.933 bits per heavy atom. The minimum Gasteiger partial charge on any atom is -0.495 e. The van der Waals surface area contributed by atoms with E-state index in [2.05, 4.69) is 16.1 Å². The van der Waals surface area contributed by atoms with Crippen LogP contribution in [0.2, 0.25) is 0 Å². The van der Waals surface area contributed by atoms with E-state index in [0.717, 1.165) is 43.2 Å². The van der Waals surface area contributed by atoms with Crippen LogP contribution < -0.4 is 23.8 Å². The lowest BCUT2D eigenvalue weighted by Gasteiger charge is -2.35. The zero-order valence-electron chi connectivity index (χ0n) is 17.8. The van der Waals surface area contributed by atoms with Crippen LogP contribution in [0.5, 0.6) is 23.0 Å². The summed E-state index contributed by atoms with van der Waals surface area (Å²) >= 11 is 0. The smallest absolute Gasteiger partial charge is 0.308 e. The van der Waals surface area contributed by atoms with Crippen molar-refractivity contribution >= 4 is 17.9 Å². The molecule has 1 saturated heterocycles. The van der Waals surface area contributed by atoms with Crippen LogP contribution >= 0.6 is 0 Å². The van der Waals surface area contributed by atoms with Gasteiger partial charge in [-0.15, -0.1) is 0 Å². The van der Waals surface area contributed by atoms with E-state index in [1.165, 1.54) is 21.1 Å². The van der Waals surface area contributed by atoms with Crippen molar-refractivity contribution in [3.63, 3.8) is 0 Å².